The molecule has 0 radical (unpaired) electrons. The highest BCUT2D eigenvalue weighted by atomic mass is 16.6. The van der Waals surface area contributed by atoms with Gasteiger partial charge in [-0.2, -0.15) is 0 Å². The fourth-order valence-electron chi connectivity index (χ4n) is 7.22. The van der Waals surface area contributed by atoms with Crippen molar-refractivity contribution in [3.8, 4) is 11.5 Å². The molecule has 10 nitrogen and oxygen atoms in total. The summed E-state index contributed by atoms with van der Waals surface area (Å²) in [7, 11) is 0. The van der Waals surface area contributed by atoms with Crippen LogP contribution in [0.4, 0.5) is 22.7 Å². The lowest BCUT2D eigenvalue weighted by Gasteiger charge is -2.27. The molecule has 2 N–H and O–H groups in total. The molecule has 0 saturated heterocycles. The average Bonchev–Trinajstić information content (AvgIpc) is 3.34. The number of anilines is 1. The number of ether oxygens (including phenoxy) is 2. The van der Waals surface area contributed by atoms with Gasteiger partial charge in [0.1, 0.15) is 17.2 Å². The number of allylic oxidation sites excluding steroid dienone is 4. The lowest BCUT2D eigenvalue weighted by molar-refractivity contribution is -0.571. The third-order valence-electron chi connectivity index (χ3n) is 10.1. The second-order valence-corrected chi connectivity index (χ2v) is 15.9. The first kappa shape index (κ1) is 40.7. The van der Waals surface area contributed by atoms with Gasteiger partial charge in [-0.3, -0.25) is 20.2 Å². The Kier molecular flexibility index (Phi) is 12.8. The van der Waals surface area contributed by atoms with E-state index in [9.17, 15) is 20.2 Å². The van der Waals surface area contributed by atoms with E-state index in [1.54, 1.807) is 24.3 Å². The molecule has 1 aliphatic heterocycles. The minimum absolute atomic E-state index is 0.0735. The molecule has 0 bridgehead atoms. The maximum Gasteiger partial charge on any atom is 0.270 e. The van der Waals surface area contributed by atoms with Crippen molar-refractivity contribution in [2.75, 3.05) is 18.0 Å². The third kappa shape index (κ3) is 10.2. The Balaban J connectivity index is 1.35. The smallest absolute Gasteiger partial charge is 0.270 e. The Morgan fingerprint density at radius 1 is 0.782 bits per heavy atom. The second-order valence-electron chi connectivity index (χ2n) is 15.9. The van der Waals surface area contributed by atoms with Crippen molar-refractivity contribution in [2.45, 2.75) is 97.7 Å². The van der Waals surface area contributed by atoms with E-state index in [4.69, 9.17) is 9.47 Å². The van der Waals surface area contributed by atoms with E-state index in [1.165, 1.54) is 11.1 Å². The summed E-state index contributed by atoms with van der Waals surface area (Å²) in [5.41, 5.74) is 6.45. The molecule has 0 atom stereocenters. The molecule has 0 fully saturated rings. The zero-order chi connectivity index (χ0) is 39.9. The Morgan fingerprint density at radius 2 is 1.33 bits per heavy atom. The molecule has 290 valence electrons. The molecule has 4 aromatic carbocycles. The van der Waals surface area contributed by atoms with Crippen LogP contribution in [0.5, 0.6) is 11.5 Å². The number of fused-ring (bicyclic) bond motifs is 1. The summed E-state index contributed by atoms with van der Waals surface area (Å²) < 4.78 is 11.6. The highest BCUT2D eigenvalue weighted by Gasteiger charge is 2.40. The van der Waals surface area contributed by atoms with Crippen LogP contribution in [0.15, 0.2) is 109 Å². The summed E-state index contributed by atoms with van der Waals surface area (Å²) in [5.74, 6) is 1.68. The van der Waals surface area contributed by atoms with Crippen LogP contribution in [-0.2, 0) is 23.7 Å². The van der Waals surface area contributed by atoms with Gasteiger partial charge in [-0.25, -0.2) is 0 Å². The largest absolute Gasteiger partial charge is 0.491 e. The number of rotatable bonds is 17. The molecule has 5 rings (SSSR count). The van der Waals surface area contributed by atoms with Gasteiger partial charge in [0.2, 0.25) is 0 Å². The minimum atomic E-state index is -0.486. The SMILES string of the molecule is CC(C)Oc1ccc(CC[NH2+]c2ccc([N+](=O)[O-])cc2C(C)(C)C/C=C/C=C2/N(CCc3ccc(OC(C)C)cc3)c3ccc([N+](=O)[O-])cc3C2(C)C)cc1. The maximum absolute atomic E-state index is 11.8. The first-order valence-electron chi connectivity index (χ1n) is 19.1. The Hall–Kier alpha value is -5.48. The highest BCUT2D eigenvalue weighted by molar-refractivity contribution is 5.73. The Bertz CT molecular complexity index is 2030. The van der Waals surface area contributed by atoms with Crippen LogP contribution in [-0.4, -0.2) is 35.1 Å². The summed E-state index contributed by atoms with van der Waals surface area (Å²) in [6.07, 6.45) is 8.74. The van der Waals surface area contributed by atoms with Gasteiger partial charge >= 0.3 is 0 Å². The van der Waals surface area contributed by atoms with Gasteiger partial charge in [0, 0.05) is 65.7 Å². The van der Waals surface area contributed by atoms with E-state index in [-0.39, 0.29) is 33.4 Å². The summed E-state index contributed by atoms with van der Waals surface area (Å²) in [4.78, 5) is 25.2. The number of nitro benzene ring substituents is 2. The molecule has 0 saturated carbocycles. The summed E-state index contributed by atoms with van der Waals surface area (Å²) in [5, 5.41) is 25.8. The van der Waals surface area contributed by atoms with Crippen molar-refractivity contribution in [1.29, 1.82) is 0 Å². The van der Waals surface area contributed by atoms with Crippen LogP contribution in [0.3, 0.4) is 0 Å². The van der Waals surface area contributed by atoms with Crippen LogP contribution < -0.4 is 19.7 Å². The van der Waals surface area contributed by atoms with Crippen LogP contribution in [0.1, 0.15) is 84.1 Å². The van der Waals surface area contributed by atoms with Crippen LogP contribution in [0, 0.1) is 20.2 Å². The van der Waals surface area contributed by atoms with E-state index in [0.29, 0.717) is 13.0 Å². The number of hydrogen-bond acceptors (Lipinski definition) is 7. The summed E-state index contributed by atoms with van der Waals surface area (Å²) in [6.45, 7) is 17.9. The number of nitro groups is 2. The van der Waals surface area contributed by atoms with Crippen molar-refractivity contribution < 1.29 is 24.6 Å². The van der Waals surface area contributed by atoms with Gasteiger partial charge in [0.15, 0.2) is 0 Å². The molecule has 0 aromatic heterocycles. The molecule has 1 aliphatic rings. The molecule has 0 amide bonds. The molecule has 1 heterocycles. The molecule has 0 unspecified atom stereocenters. The number of quaternary nitrogens is 1. The standard InChI is InChI=1S/C45H54N4O6/c1-31(2)54-37-18-12-33(13-19-37)24-27-46-41-22-16-35(48(50)51)29-39(41)44(5,6)26-10-9-11-43-45(7,8)40-30-36(49(52)53)17-23-42(40)47(43)28-25-34-14-20-38(21-15-34)55-32(3)4/h9-23,29-32,46H,24-28H2,1-8H3/p+1/b10-9+,43-11+. The molecule has 0 spiro atoms. The van der Waals surface area contributed by atoms with Crippen LogP contribution in [0.2, 0.25) is 0 Å². The first-order valence-corrected chi connectivity index (χ1v) is 19.1. The van der Waals surface area contributed by atoms with Crippen molar-refractivity contribution in [1.82, 2.24) is 0 Å². The molecule has 4 aromatic rings. The van der Waals surface area contributed by atoms with E-state index in [2.05, 4.69) is 80.4 Å². The van der Waals surface area contributed by atoms with Gasteiger partial charge in [-0.1, -0.05) is 64.1 Å². The normalized spacial score (nSPS) is 14.6. The Morgan fingerprint density at radius 3 is 1.89 bits per heavy atom. The lowest BCUT2D eigenvalue weighted by atomic mass is 9.80. The van der Waals surface area contributed by atoms with Crippen molar-refractivity contribution in [2.24, 2.45) is 0 Å². The second kappa shape index (κ2) is 17.3. The van der Waals surface area contributed by atoms with Crippen LogP contribution in [0.25, 0.3) is 0 Å². The van der Waals surface area contributed by atoms with E-state index >= 15 is 0 Å². The van der Waals surface area contributed by atoms with Crippen molar-refractivity contribution >= 4 is 22.7 Å². The van der Waals surface area contributed by atoms with Crippen molar-refractivity contribution in [3.05, 3.63) is 151 Å². The third-order valence-corrected chi connectivity index (χ3v) is 10.1. The van der Waals surface area contributed by atoms with Gasteiger partial charge < -0.3 is 19.7 Å². The van der Waals surface area contributed by atoms with Gasteiger partial charge in [-0.15, -0.1) is 0 Å². The first-order chi connectivity index (χ1) is 26.0. The quantitative estimate of drug-likeness (QED) is 0.0648. The van der Waals surface area contributed by atoms with Gasteiger partial charge in [0.25, 0.3) is 11.4 Å². The zero-order valence-corrected chi connectivity index (χ0v) is 33.4. The number of benzene rings is 4. The molecular weight excluding hydrogens is 693 g/mol. The monoisotopic (exact) mass is 747 g/mol. The molecule has 55 heavy (non-hydrogen) atoms. The summed E-state index contributed by atoms with van der Waals surface area (Å²) in [6, 6.07) is 26.6. The minimum Gasteiger partial charge on any atom is -0.491 e. The summed E-state index contributed by atoms with van der Waals surface area (Å²) >= 11 is 0. The number of non-ortho nitro benzene ring substituents is 2. The zero-order valence-electron chi connectivity index (χ0n) is 33.4. The predicted molar refractivity (Wildman–Crippen MR) is 220 cm³/mol. The van der Waals surface area contributed by atoms with Gasteiger partial charge in [0.05, 0.1) is 28.6 Å². The van der Waals surface area contributed by atoms with E-state index in [0.717, 1.165) is 59.1 Å². The molecular formula is C45H55N4O6+. The average molecular weight is 748 g/mol. The number of hydrogen-bond donors (Lipinski definition) is 1. The maximum atomic E-state index is 11.8. The topological polar surface area (TPSA) is 125 Å². The lowest BCUT2D eigenvalue weighted by Crippen LogP contribution is -2.79. The fraction of sp³-hybridized carbons (Fsp3) is 0.378. The molecule has 10 heteroatoms. The van der Waals surface area contributed by atoms with Crippen molar-refractivity contribution in [3.63, 3.8) is 0 Å². The number of nitrogens with two attached hydrogens (primary N) is 1. The number of nitrogens with zero attached hydrogens (tertiary/aromatic N) is 3. The van der Waals surface area contributed by atoms with Crippen LogP contribution >= 0.6 is 0 Å². The highest BCUT2D eigenvalue weighted by Crippen LogP contribution is 2.49. The predicted octanol–water partition coefficient (Wildman–Crippen LogP) is 9.66. The molecule has 0 aliphatic carbocycles. The van der Waals surface area contributed by atoms with E-state index < -0.39 is 10.8 Å². The Labute approximate surface area is 325 Å². The fourth-order valence-corrected chi connectivity index (χ4v) is 7.22. The van der Waals surface area contributed by atoms with E-state index in [1.807, 2.05) is 64.1 Å². The van der Waals surface area contributed by atoms with Gasteiger partial charge in [-0.05, 0) is 99.0 Å².